The first-order valence-corrected chi connectivity index (χ1v) is 8.16. The Balaban J connectivity index is 2.13. The number of amides is 1. The van der Waals surface area contributed by atoms with E-state index in [9.17, 15) is 9.59 Å². The molecule has 0 atom stereocenters. The van der Waals surface area contributed by atoms with Gasteiger partial charge in [0.15, 0.2) is 6.61 Å². The molecule has 0 heterocycles. The molecule has 6 nitrogen and oxygen atoms in total. The van der Waals surface area contributed by atoms with Crippen molar-refractivity contribution >= 4 is 11.9 Å². The van der Waals surface area contributed by atoms with Crippen molar-refractivity contribution in [2.75, 3.05) is 20.8 Å². The van der Waals surface area contributed by atoms with Crippen LogP contribution in [0.3, 0.4) is 0 Å². The number of hydrogen-bond acceptors (Lipinski definition) is 4. The molecule has 0 saturated heterocycles. The van der Waals surface area contributed by atoms with Crippen LogP contribution in [0.15, 0.2) is 36.4 Å². The fourth-order valence-corrected chi connectivity index (χ4v) is 2.73. The predicted molar refractivity (Wildman–Crippen MR) is 97.8 cm³/mol. The van der Waals surface area contributed by atoms with E-state index in [1.54, 1.807) is 45.0 Å². The third-order valence-corrected chi connectivity index (χ3v) is 3.97. The van der Waals surface area contributed by atoms with E-state index >= 15 is 0 Å². The van der Waals surface area contributed by atoms with Crippen LogP contribution in [-0.4, -0.2) is 42.6 Å². The number of methoxy groups -OCH3 is 1. The van der Waals surface area contributed by atoms with E-state index in [2.05, 4.69) is 0 Å². The molecule has 2 rings (SSSR count). The molecule has 2 aromatic rings. The van der Waals surface area contributed by atoms with Gasteiger partial charge in [-0.25, -0.2) is 4.79 Å². The molecule has 0 radical (unpaired) electrons. The van der Waals surface area contributed by atoms with Crippen molar-refractivity contribution < 1.29 is 24.2 Å². The highest BCUT2D eigenvalue weighted by atomic mass is 16.5. The number of ether oxygens (including phenoxy) is 2. The lowest BCUT2D eigenvalue weighted by Crippen LogP contribution is -2.26. The lowest BCUT2D eigenvalue weighted by molar-refractivity contribution is -0.139. The number of hydrogen-bond donors (Lipinski definition) is 1. The Morgan fingerprint density at radius 1 is 1.08 bits per heavy atom. The van der Waals surface area contributed by atoms with Crippen molar-refractivity contribution in [2.45, 2.75) is 20.4 Å². The van der Waals surface area contributed by atoms with Gasteiger partial charge in [-0.1, -0.05) is 12.1 Å². The number of benzene rings is 2. The number of aliphatic carboxylic acids is 1. The topological polar surface area (TPSA) is 76.1 Å². The zero-order valence-corrected chi connectivity index (χ0v) is 15.4. The largest absolute Gasteiger partial charge is 0.497 e. The van der Waals surface area contributed by atoms with Crippen LogP contribution in [-0.2, 0) is 11.3 Å². The number of nitrogens with zero attached hydrogens (tertiary/aromatic N) is 1. The molecule has 0 fully saturated rings. The molecule has 6 heteroatoms. The van der Waals surface area contributed by atoms with Gasteiger partial charge in [0.25, 0.3) is 5.91 Å². The summed E-state index contributed by atoms with van der Waals surface area (Å²) in [5.41, 5.74) is 3.00. The molecular formula is C20H23NO5. The quantitative estimate of drug-likeness (QED) is 0.824. The molecule has 1 amide bonds. The van der Waals surface area contributed by atoms with E-state index in [-0.39, 0.29) is 5.91 Å². The Morgan fingerprint density at radius 2 is 1.65 bits per heavy atom. The van der Waals surface area contributed by atoms with Crippen molar-refractivity contribution in [1.82, 2.24) is 4.90 Å². The second-order valence-corrected chi connectivity index (χ2v) is 6.13. The Morgan fingerprint density at radius 3 is 2.15 bits per heavy atom. The van der Waals surface area contributed by atoms with Gasteiger partial charge in [-0.05, 0) is 54.8 Å². The van der Waals surface area contributed by atoms with Crippen LogP contribution in [0.2, 0.25) is 0 Å². The van der Waals surface area contributed by atoms with Gasteiger partial charge in [0, 0.05) is 19.2 Å². The summed E-state index contributed by atoms with van der Waals surface area (Å²) in [5.74, 6) is 0.118. The van der Waals surface area contributed by atoms with Gasteiger partial charge in [-0.3, -0.25) is 4.79 Å². The van der Waals surface area contributed by atoms with E-state index in [4.69, 9.17) is 14.6 Å². The van der Waals surface area contributed by atoms with Crippen LogP contribution in [0.1, 0.15) is 27.0 Å². The lowest BCUT2D eigenvalue weighted by Gasteiger charge is -2.19. The van der Waals surface area contributed by atoms with Gasteiger partial charge >= 0.3 is 5.97 Å². The molecule has 0 aliphatic carbocycles. The molecule has 0 spiro atoms. The van der Waals surface area contributed by atoms with Gasteiger partial charge in [0.2, 0.25) is 0 Å². The molecule has 0 bridgehead atoms. The van der Waals surface area contributed by atoms with Crippen LogP contribution >= 0.6 is 0 Å². The number of aryl methyl sites for hydroxylation is 2. The summed E-state index contributed by atoms with van der Waals surface area (Å²) in [6, 6.07) is 11.0. The van der Waals surface area contributed by atoms with E-state index in [0.29, 0.717) is 17.9 Å². The fourth-order valence-electron chi connectivity index (χ4n) is 2.73. The molecule has 0 aliphatic rings. The van der Waals surface area contributed by atoms with Crippen molar-refractivity contribution in [1.29, 1.82) is 0 Å². The predicted octanol–water partition coefficient (Wildman–Crippen LogP) is 3.05. The summed E-state index contributed by atoms with van der Waals surface area (Å²) in [7, 11) is 3.35. The third kappa shape index (κ3) is 4.75. The molecule has 0 saturated carbocycles. The van der Waals surface area contributed by atoms with Crippen molar-refractivity contribution in [2.24, 2.45) is 0 Å². The fraction of sp³-hybridized carbons (Fsp3) is 0.300. The molecule has 0 unspecified atom stereocenters. The minimum atomic E-state index is -1.04. The first kappa shape index (κ1) is 19.3. The van der Waals surface area contributed by atoms with E-state index in [1.807, 2.05) is 24.3 Å². The number of carbonyl (C=O) groups excluding carboxylic acids is 1. The summed E-state index contributed by atoms with van der Waals surface area (Å²) in [6.45, 7) is 3.65. The second kappa shape index (κ2) is 8.38. The Kier molecular flexibility index (Phi) is 6.22. The van der Waals surface area contributed by atoms with Crippen molar-refractivity contribution in [3.05, 3.63) is 58.7 Å². The maximum absolute atomic E-state index is 12.7. The number of carbonyl (C=O) groups is 2. The summed E-state index contributed by atoms with van der Waals surface area (Å²) < 4.78 is 10.4. The first-order valence-electron chi connectivity index (χ1n) is 8.16. The van der Waals surface area contributed by atoms with Gasteiger partial charge < -0.3 is 19.5 Å². The van der Waals surface area contributed by atoms with Crippen LogP contribution in [0.5, 0.6) is 11.5 Å². The maximum Gasteiger partial charge on any atom is 0.341 e. The first-order chi connectivity index (χ1) is 12.3. The molecule has 1 N–H and O–H groups in total. The highest BCUT2D eigenvalue weighted by Crippen LogP contribution is 2.25. The molecule has 0 aromatic heterocycles. The number of carboxylic acids is 1. The minimum Gasteiger partial charge on any atom is -0.497 e. The van der Waals surface area contributed by atoms with Gasteiger partial charge in [-0.2, -0.15) is 0 Å². The van der Waals surface area contributed by atoms with Crippen molar-refractivity contribution in [3.8, 4) is 11.5 Å². The Hall–Kier alpha value is -3.02. The maximum atomic E-state index is 12.7. The van der Waals surface area contributed by atoms with Crippen LogP contribution in [0.25, 0.3) is 0 Å². The normalized spacial score (nSPS) is 10.3. The summed E-state index contributed by atoms with van der Waals surface area (Å²) in [5, 5.41) is 8.75. The van der Waals surface area contributed by atoms with E-state index in [1.165, 1.54) is 0 Å². The number of carboxylic acid groups (broad SMARTS) is 1. The Labute approximate surface area is 153 Å². The molecule has 26 heavy (non-hydrogen) atoms. The number of rotatable bonds is 7. The molecule has 138 valence electrons. The van der Waals surface area contributed by atoms with Crippen LogP contribution in [0.4, 0.5) is 0 Å². The third-order valence-electron chi connectivity index (χ3n) is 3.97. The van der Waals surface area contributed by atoms with Gasteiger partial charge in [0.05, 0.1) is 7.11 Å². The summed E-state index contributed by atoms with van der Waals surface area (Å²) >= 11 is 0. The monoisotopic (exact) mass is 357 g/mol. The second-order valence-electron chi connectivity index (χ2n) is 6.13. The van der Waals surface area contributed by atoms with Crippen LogP contribution < -0.4 is 9.47 Å². The SMILES string of the molecule is COc1ccc(CN(C)C(=O)c2cc(C)c(OCC(=O)O)c(C)c2)cc1. The van der Waals surface area contributed by atoms with Gasteiger partial charge in [-0.15, -0.1) is 0 Å². The molecule has 2 aromatic carbocycles. The van der Waals surface area contributed by atoms with Crippen LogP contribution in [0, 0.1) is 13.8 Å². The summed E-state index contributed by atoms with van der Waals surface area (Å²) in [6.07, 6.45) is 0. The molecule has 0 aliphatic heterocycles. The van der Waals surface area contributed by atoms with E-state index < -0.39 is 12.6 Å². The minimum absolute atomic E-state index is 0.114. The molecular weight excluding hydrogens is 334 g/mol. The highest BCUT2D eigenvalue weighted by Gasteiger charge is 2.16. The van der Waals surface area contributed by atoms with E-state index in [0.717, 1.165) is 22.4 Å². The zero-order chi connectivity index (χ0) is 19.3. The standard InChI is InChI=1S/C20H23NO5/c1-13-9-16(10-14(2)19(13)26-12-18(22)23)20(24)21(3)11-15-5-7-17(25-4)8-6-15/h5-10H,11-12H2,1-4H3,(H,22,23). The zero-order valence-electron chi connectivity index (χ0n) is 15.4. The summed E-state index contributed by atoms with van der Waals surface area (Å²) in [4.78, 5) is 25.0. The average Bonchev–Trinajstić information content (AvgIpc) is 2.60. The highest BCUT2D eigenvalue weighted by molar-refractivity contribution is 5.94. The van der Waals surface area contributed by atoms with Gasteiger partial charge in [0.1, 0.15) is 11.5 Å². The van der Waals surface area contributed by atoms with Crippen molar-refractivity contribution in [3.63, 3.8) is 0 Å². The smallest absolute Gasteiger partial charge is 0.341 e. The average molecular weight is 357 g/mol. The Bertz CT molecular complexity index is 775. The lowest BCUT2D eigenvalue weighted by atomic mass is 10.0.